The number of nitrogens with zero attached hydrogens (tertiary/aromatic N) is 3. The van der Waals surface area contributed by atoms with Crippen molar-refractivity contribution in [3.8, 4) is 0 Å². The lowest BCUT2D eigenvalue weighted by molar-refractivity contribution is -0.902. The molecule has 2 heterocycles. The highest BCUT2D eigenvalue weighted by atomic mass is 32.1. The van der Waals surface area contributed by atoms with Crippen LogP contribution >= 0.6 is 11.3 Å². The van der Waals surface area contributed by atoms with E-state index in [4.69, 9.17) is 4.98 Å². The van der Waals surface area contributed by atoms with Crippen LogP contribution < -0.4 is 9.80 Å². The molecule has 0 bridgehead atoms. The van der Waals surface area contributed by atoms with Crippen molar-refractivity contribution in [2.75, 3.05) is 44.7 Å². The number of fused-ring (bicyclic) bond motifs is 1. The minimum Gasteiger partial charge on any atom is -0.368 e. The molecule has 1 aromatic heterocycles. The highest BCUT2D eigenvalue weighted by Crippen LogP contribution is 2.25. The summed E-state index contributed by atoms with van der Waals surface area (Å²) in [5, 5.41) is 1.10. The number of carbonyl (C=O) groups is 1. The predicted octanol–water partition coefficient (Wildman–Crippen LogP) is 2.84. The first kappa shape index (κ1) is 20.8. The highest BCUT2D eigenvalue weighted by Gasteiger charge is 2.27. The molecular formula is C24H31N4OS+. The minimum atomic E-state index is 0.197. The Kier molecular flexibility index (Phi) is 6.06. The van der Waals surface area contributed by atoms with E-state index >= 15 is 0 Å². The molecule has 1 fully saturated rings. The van der Waals surface area contributed by atoms with Crippen LogP contribution in [0, 0.1) is 13.8 Å². The van der Waals surface area contributed by atoms with E-state index in [0.29, 0.717) is 6.54 Å². The number of hydrogen-bond donors (Lipinski definition) is 1. The summed E-state index contributed by atoms with van der Waals surface area (Å²) in [6.45, 7) is 10.4. The number of piperazine rings is 1. The molecule has 1 unspecified atom stereocenters. The summed E-state index contributed by atoms with van der Waals surface area (Å²) in [6.07, 6.45) is 0. The molecule has 2 aromatic carbocycles. The average Bonchev–Trinajstić information content (AvgIpc) is 3.19. The number of carbonyl (C=O) groups excluding carboxylic acids is 1. The first-order chi connectivity index (χ1) is 14.4. The van der Waals surface area contributed by atoms with Gasteiger partial charge >= 0.3 is 0 Å². The number of likely N-dealkylation sites (N-methyl/N-ethyl adjacent to an activating group) is 1. The van der Waals surface area contributed by atoms with Crippen LogP contribution in [0.2, 0.25) is 0 Å². The normalized spacial score (nSPS) is 16.7. The maximum atomic E-state index is 13.0. The molecule has 1 aliphatic rings. The van der Waals surface area contributed by atoms with Gasteiger partial charge in [0.1, 0.15) is 6.04 Å². The third kappa shape index (κ3) is 4.20. The molecular weight excluding hydrogens is 392 g/mol. The van der Waals surface area contributed by atoms with Crippen LogP contribution in [0.15, 0.2) is 42.5 Å². The predicted molar refractivity (Wildman–Crippen MR) is 124 cm³/mol. The Balaban J connectivity index is 1.34. The zero-order valence-corrected chi connectivity index (χ0v) is 19.1. The minimum absolute atomic E-state index is 0.197. The van der Waals surface area contributed by atoms with E-state index in [1.54, 1.807) is 11.3 Å². The lowest BCUT2D eigenvalue weighted by atomic mass is 10.1. The molecule has 30 heavy (non-hydrogen) atoms. The van der Waals surface area contributed by atoms with Gasteiger partial charge in [0.2, 0.25) is 0 Å². The van der Waals surface area contributed by atoms with Crippen molar-refractivity contribution < 1.29 is 9.69 Å². The second kappa shape index (κ2) is 8.74. The number of aryl methyl sites for hydroxylation is 1. The zero-order valence-electron chi connectivity index (χ0n) is 18.3. The highest BCUT2D eigenvalue weighted by molar-refractivity contribution is 7.18. The molecule has 158 valence electrons. The molecule has 0 spiro atoms. The molecule has 0 saturated carbocycles. The van der Waals surface area contributed by atoms with Gasteiger partial charge in [-0.25, -0.2) is 4.98 Å². The van der Waals surface area contributed by atoms with Gasteiger partial charge in [-0.3, -0.25) is 4.79 Å². The van der Waals surface area contributed by atoms with E-state index in [9.17, 15) is 4.79 Å². The van der Waals surface area contributed by atoms with Crippen molar-refractivity contribution in [3.63, 3.8) is 0 Å². The van der Waals surface area contributed by atoms with Crippen LogP contribution in [0.1, 0.15) is 29.1 Å². The van der Waals surface area contributed by atoms with E-state index in [-0.39, 0.29) is 11.9 Å². The second-order valence-corrected chi connectivity index (χ2v) is 9.41. The first-order valence-corrected chi connectivity index (χ1v) is 11.5. The number of benzene rings is 2. The summed E-state index contributed by atoms with van der Waals surface area (Å²) in [6, 6.07) is 14.9. The molecule has 3 aromatic rings. The van der Waals surface area contributed by atoms with Gasteiger partial charge in [-0.15, -0.1) is 11.3 Å². The van der Waals surface area contributed by atoms with E-state index in [0.717, 1.165) is 36.7 Å². The zero-order chi connectivity index (χ0) is 21.3. The Hall–Kier alpha value is -2.44. The number of thiazole rings is 1. The lowest BCUT2D eigenvalue weighted by Gasteiger charge is -2.37. The fourth-order valence-corrected chi connectivity index (χ4v) is 5.18. The number of rotatable bonds is 5. The van der Waals surface area contributed by atoms with Crippen molar-refractivity contribution >= 4 is 33.1 Å². The molecule has 1 saturated heterocycles. The SMILES string of the molecule is Cc1cccc(N2CCN(C(=O)C[NH+](C)[C@@H](C)c3nc4ccccc4s3)CC2)c1C. The molecule has 0 aliphatic carbocycles. The van der Waals surface area contributed by atoms with Crippen LogP contribution in [0.4, 0.5) is 5.69 Å². The van der Waals surface area contributed by atoms with Crippen molar-refractivity contribution in [2.24, 2.45) is 0 Å². The summed E-state index contributed by atoms with van der Waals surface area (Å²) in [7, 11) is 2.10. The van der Waals surface area contributed by atoms with Gasteiger partial charge < -0.3 is 14.7 Å². The second-order valence-electron chi connectivity index (χ2n) is 8.35. The van der Waals surface area contributed by atoms with Gasteiger partial charge in [-0.05, 0) is 50.1 Å². The monoisotopic (exact) mass is 423 g/mol. The van der Waals surface area contributed by atoms with Crippen LogP contribution in [0.3, 0.4) is 0 Å². The van der Waals surface area contributed by atoms with E-state index < -0.39 is 0 Å². The average molecular weight is 424 g/mol. The number of anilines is 1. The van der Waals surface area contributed by atoms with Gasteiger partial charge in [0.25, 0.3) is 5.91 Å². The summed E-state index contributed by atoms with van der Waals surface area (Å²) < 4.78 is 1.21. The van der Waals surface area contributed by atoms with Crippen molar-refractivity contribution in [3.05, 3.63) is 58.6 Å². The number of para-hydroxylation sites is 1. The number of amides is 1. The Bertz CT molecular complexity index is 1010. The van der Waals surface area contributed by atoms with E-state index in [1.165, 1.54) is 26.4 Å². The van der Waals surface area contributed by atoms with Crippen LogP contribution in [0.25, 0.3) is 10.2 Å². The van der Waals surface area contributed by atoms with Gasteiger partial charge in [-0.2, -0.15) is 0 Å². The van der Waals surface area contributed by atoms with E-state index in [2.05, 4.69) is 63.1 Å². The van der Waals surface area contributed by atoms with Crippen molar-refractivity contribution in [2.45, 2.75) is 26.8 Å². The first-order valence-electron chi connectivity index (χ1n) is 10.7. The Morgan fingerprint density at radius 3 is 2.57 bits per heavy atom. The Morgan fingerprint density at radius 2 is 1.83 bits per heavy atom. The summed E-state index contributed by atoms with van der Waals surface area (Å²) in [5.74, 6) is 0.237. The molecule has 1 N–H and O–H groups in total. The standard InChI is InChI=1S/C24H30N4OS/c1-17-8-7-10-21(18(17)2)27-12-14-28(15-13-27)23(29)16-26(4)19(3)24-25-20-9-5-6-11-22(20)30-24/h5-11,19H,12-16H2,1-4H3/p+1/t19-/m0/s1. The van der Waals surface area contributed by atoms with Crippen molar-refractivity contribution in [1.82, 2.24) is 9.88 Å². The fraction of sp³-hybridized carbons (Fsp3) is 0.417. The van der Waals surface area contributed by atoms with Crippen LogP contribution in [0.5, 0.6) is 0 Å². The summed E-state index contributed by atoms with van der Waals surface area (Å²) >= 11 is 1.73. The largest absolute Gasteiger partial charge is 0.368 e. The van der Waals surface area contributed by atoms with Gasteiger partial charge in [-0.1, -0.05) is 24.3 Å². The maximum Gasteiger partial charge on any atom is 0.277 e. The molecule has 1 aliphatic heterocycles. The maximum absolute atomic E-state index is 13.0. The number of nitrogens with one attached hydrogen (secondary N) is 1. The van der Waals surface area contributed by atoms with Gasteiger partial charge in [0.05, 0.1) is 17.3 Å². The molecule has 5 nitrogen and oxygen atoms in total. The van der Waals surface area contributed by atoms with Gasteiger partial charge in [0.15, 0.2) is 11.6 Å². The quantitative estimate of drug-likeness (QED) is 0.686. The topological polar surface area (TPSA) is 40.9 Å². The number of quaternary nitrogens is 1. The molecule has 0 radical (unpaired) electrons. The third-order valence-corrected chi connectivity index (χ3v) is 7.62. The summed E-state index contributed by atoms with van der Waals surface area (Å²) in [5.41, 5.74) is 5.01. The van der Waals surface area contributed by atoms with Crippen LogP contribution in [-0.2, 0) is 4.79 Å². The molecule has 6 heteroatoms. The van der Waals surface area contributed by atoms with Gasteiger partial charge in [0, 0.05) is 31.9 Å². The van der Waals surface area contributed by atoms with Crippen LogP contribution in [-0.4, -0.2) is 55.6 Å². The molecule has 2 atom stereocenters. The third-order valence-electron chi connectivity index (χ3n) is 6.40. The molecule has 4 rings (SSSR count). The fourth-order valence-electron chi connectivity index (χ4n) is 4.06. The Morgan fingerprint density at radius 1 is 1.10 bits per heavy atom. The van der Waals surface area contributed by atoms with Crippen molar-refractivity contribution in [1.29, 1.82) is 0 Å². The number of aromatic nitrogens is 1. The smallest absolute Gasteiger partial charge is 0.277 e. The summed E-state index contributed by atoms with van der Waals surface area (Å²) in [4.78, 5) is 23.4. The van der Waals surface area contributed by atoms with E-state index in [1.807, 2.05) is 17.0 Å². The lowest BCUT2D eigenvalue weighted by Crippen LogP contribution is -3.10. The number of hydrogen-bond acceptors (Lipinski definition) is 4. The molecule has 1 amide bonds. The Labute approximate surface area is 182 Å².